The second-order valence-electron chi connectivity index (χ2n) is 7.86. The number of hydrogen-bond acceptors (Lipinski definition) is 7. The van der Waals surface area contributed by atoms with Crippen molar-refractivity contribution >= 4 is 0 Å². The van der Waals surface area contributed by atoms with E-state index >= 15 is 4.39 Å². The average molecular weight is 483 g/mol. The van der Waals surface area contributed by atoms with Crippen molar-refractivity contribution in [3.8, 4) is 28.5 Å². The predicted octanol–water partition coefficient (Wildman–Crippen LogP) is 4.59. The Morgan fingerprint density at radius 1 is 1.11 bits per heavy atom. The summed E-state index contributed by atoms with van der Waals surface area (Å²) in [5, 5.41) is 13.9. The number of aromatic amines is 1. The molecule has 2 aromatic carbocycles. The van der Waals surface area contributed by atoms with Crippen LogP contribution in [0.5, 0.6) is 17.2 Å². The molecule has 0 unspecified atom stereocenters. The third-order valence-electron chi connectivity index (χ3n) is 5.46. The van der Waals surface area contributed by atoms with Crippen LogP contribution in [0.4, 0.5) is 8.78 Å². The van der Waals surface area contributed by atoms with E-state index in [1.54, 1.807) is 26.0 Å². The molecule has 10 heteroatoms. The van der Waals surface area contributed by atoms with Crippen LogP contribution in [-0.4, -0.2) is 26.8 Å². The van der Waals surface area contributed by atoms with Crippen LogP contribution in [-0.2, 0) is 13.0 Å². The van der Waals surface area contributed by atoms with Gasteiger partial charge in [0.1, 0.15) is 29.6 Å². The summed E-state index contributed by atoms with van der Waals surface area (Å²) in [4.78, 5) is 17.8. The highest BCUT2D eigenvalue weighted by atomic mass is 19.1. The second-order valence-corrected chi connectivity index (χ2v) is 7.86. The van der Waals surface area contributed by atoms with E-state index in [1.807, 2.05) is 6.92 Å². The average Bonchev–Trinajstić information content (AvgIpc) is 3.25. The Labute approximate surface area is 199 Å². The van der Waals surface area contributed by atoms with E-state index in [0.29, 0.717) is 29.2 Å². The number of pyridine rings is 1. The molecule has 0 aliphatic carbocycles. The van der Waals surface area contributed by atoms with Crippen molar-refractivity contribution in [3.63, 3.8) is 0 Å². The first-order valence-corrected chi connectivity index (χ1v) is 10.8. The molecule has 35 heavy (non-hydrogen) atoms. The lowest BCUT2D eigenvalue weighted by Crippen LogP contribution is -2.06. The van der Waals surface area contributed by atoms with Gasteiger partial charge >= 0.3 is 5.76 Å². The number of nitrogens with zero attached hydrogens (tertiary/aromatic N) is 2. The summed E-state index contributed by atoms with van der Waals surface area (Å²) in [6.07, 6.45) is 0.242. The van der Waals surface area contributed by atoms with Gasteiger partial charge in [-0.3, -0.25) is 9.51 Å². The van der Waals surface area contributed by atoms with Crippen LogP contribution in [0, 0.1) is 25.5 Å². The third kappa shape index (κ3) is 5.16. The molecule has 0 bridgehead atoms. The van der Waals surface area contributed by atoms with Crippen LogP contribution < -0.4 is 15.2 Å². The van der Waals surface area contributed by atoms with Crippen LogP contribution in [0.3, 0.4) is 0 Å². The minimum absolute atomic E-state index is 0.00163. The molecule has 0 saturated carbocycles. The molecule has 0 aliphatic rings. The number of rotatable bonds is 8. The number of hydrogen-bond donors (Lipinski definition) is 2. The Bertz CT molecular complexity index is 1430. The molecular formula is C25H23F2N3O5. The third-order valence-corrected chi connectivity index (χ3v) is 5.46. The molecule has 0 amide bonds. The lowest BCUT2D eigenvalue weighted by Gasteiger charge is -2.15. The van der Waals surface area contributed by atoms with Gasteiger partial charge in [-0.15, -0.1) is 0 Å². The monoisotopic (exact) mass is 483 g/mol. The summed E-state index contributed by atoms with van der Waals surface area (Å²) in [5.41, 5.74) is 2.46. The van der Waals surface area contributed by atoms with Crippen molar-refractivity contribution in [3.05, 3.63) is 86.8 Å². The fourth-order valence-corrected chi connectivity index (χ4v) is 3.72. The first kappa shape index (κ1) is 23.9. The highest BCUT2D eigenvalue weighted by Gasteiger charge is 2.18. The van der Waals surface area contributed by atoms with Gasteiger partial charge in [0.15, 0.2) is 17.4 Å². The van der Waals surface area contributed by atoms with E-state index in [9.17, 15) is 14.3 Å². The van der Waals surface area contributed by atoms with Crippen molar-refractivity contribution in [2.75, 3.05) is 6.61 Å². The number of nitrogens with one attached hydrogen (secondary N) is 1. The van der Waals surface area contributed by atoms with Gasteiger partial charge in [-0.25, -0.2) is 18.6 Å². The molecule has 182 valence electrons. The maximum Gasteiger partial charge on any atom is 0.439 e. The number of ether oxygens (including phenoxy) is 2. The maximum atomic E-state index is 15.1. The van der Waals surface area contributed by atoms with E-state index in [-0.39, 0.29) is 41.6 Å². The Morgan fingerprint density at radius 3 is 2.63 bits per heavy atom. The van der Waals surface area contributed by atoms with Crippen molar-refractivity contribution in [1.29, 1.82) is 0 Å². The number of aryl methyl sites for hydroxylation is 1. The Balaban J connectivity index is 1.63. The molecular weight excluding hydrogens is 460 g/mol. The van der Waals surface area contributed by atoms with Gasteiger partial charge in [-0.05, 0) is 73.9 Å². The van der Waals surface area contributed by atoms with Crippen LogP contribution in [0.25, 0.3) is 11.3 Å². The smallest absolute Gasteiger partial charge is 0.439 e. The lowest BCUT2D eigenvalue weighted by atomic mass is 9.97. The van der Waals surface area contributed by atoms with Crippen molar-refractivity contribution in [2.45, 2.75) is 33.8 Å². The molecule has 0 atom stereocenters. The number of H-pyrrole nitrogens is 1. The zero-order chi connectivity index (χ0) is 25.1. The summed E-state index contributed by atoms with van der Waals surface area (Å²) >= 11 is 0. The zero-order valence-corrected chi connectivity index (χ0v) is 19.3. The Morgan fingerprint density at radius 2 is 1.91 bits per heavy atom. The van der Waals surface area contributed by atoms with E-state index in [4.69, 9.17) is 9.47 Å². The van der Waals surface area contributed by atoms with Gasteiger partial charge in [0.25, 0.3) is 0 Å². The molecule has 2 heterocycles. The molecule has 0 spiro atoms. The van der Waals surface area contributed by atoms with E-state index < -0.39 is 17.4 Å². The van der Waals surface area contributed by atoms with Crippen molar-refractivity contribution in [1.82, 2.24) is 15.1 Å². The summed E-state index contributed by atoms with van der Waals surface area (Å²) in [6, 6.07) is 8.82. The topological polar surface area (TPSA) is 110 Å². The highest BCUT2D eigenvalue weighted by molar-refractivity contribution is 5.68. The van der Waals surface area contributed by atoms with E-state index in [0.717, 1.165) is 5.56 Å². The second kappa shape index (κ2) is 9.96. The quantitative estimate of drug-likeness (QED) is 0.377. The largest absolute Gasteiger partial charge is 0.506 e. The SMILES string of the molecule is CCOc1ccc(F)c(-c2nc(Cc3c(C)cc(OCc4noc(=O)[nH]4)c(F)c3C)ccc2O)c1. The van der Waals surface area contributed by atoms with Crippen LogP contribution in [0.2, 0.25) is 0 Å². The molecule has 8 nitrogen and oxygen atoms in total. The number of aromatic hydroxyl groups is 1. The van der Waals surface area contributed by atoms with Gasteiger partial charge in [0, 0.05) is 17.7 Å². The van der Waals surface area contributed by atoms with Crippen molar-refractivity contribution in [2.24, 2.45) is 0 Å². The fourth-order valence-electron chi connectivity index (χ4n) is 3.72. The molecule has 4 rings (SSSR count). The first-order valence-electron chi connectivity index (χ1n) is 10.8. The minimum atomic E-state index is -0.725. The molecule has 0 fully saturated rings. The summed E-state index contributed by atoms with van der Waals surface area (Å²) in [7, 11) is 0. The van der Waals surface area contributed by atoms with Crippen molar-refractivity contribution < 1.29 is 27.9 Å². The fraction of sp³-hybridized carbons (Fsp3) is 0.240. The summed E-state index contributed by atoms with van der Waals surface area (Å²) < 4.78 is 44.9. The molecule has 4 aromatic rings. The minimum Gasteiger partial charge on any atom is -0.506 e. The standard InChI is InChI=1S/C25H23F2N3O5/c1-4-33-16-6-7-19(26)18(11-16)24-20(31)8-5-15(28-24)10-17-13(2)9-21(23(27)14(17)3)34-12-22-29-25(32)35-30-22/h5-9,11,31H,4,10,12H2,1-3H3,(H,29,30,32). The zero-order valence-electron chi connectivity index (χ0n) is 19.3. The van der Waals surface area contributed by atoms with E-state index in [1.165, 1.54) is 24.3 Å². The van der Waals surface area contributed by atoms with E-state index in [2.05, 4.69) is 19.6 Å². The Hall–Kier alpha value is -4.21. The number of halogens is 2. The van der Waals surface area contributed by atoms with Crippen LogP contribution >= 0.6 is 0 Å². The highest BCUT2D eigenvalue weighted by Crippen LogP contribution is 2.34. The van der Waals surface area contributed by atoms with Crippen LogP contribution in [0.1, 0.15) is 35.1 Å². The summed E-state index contributed by atoms with van der Waals surface area (Å²) in [5.74, 6) is -1.44. The predicted molar refractivity (Wildman–Crippen MR) is 123 cm³/mol. The summed E-state index contributed by atoms with van der Waals surface area (Å²) in [6.45, 7) is 5.48. The van der Waals surface area contributed by atoms with Crippen LogP contribution in [0.15, 0.2) is 45.7 Å². The number of aromatic nitrogens is 3. The Kier molecular flexibility index (Phi) is 6.81. The van der Waals surface area contributed by atoms with Gasteiger partial charge in [-0.1, -0.05) is 5.16 Å². The molecule has 0 saturated heterocycles. The molecule has 0 aliphatic heterocycles. The molecule has 2 N–H and O–H groups in total. The molecule has 0 radical (unpaired) electrons. The van der Waals surface area contributed by atoms with Gasteiger partial charge in [0.05, 0.1) is 6.61 Å². The van der Waals surface area contributed by atoms with Gasteiger partial charge in [-0.2, -0.15) is 0 Å². The lowest BCUT2D eigenvalue weighted by molar-refractivity contribution is 0.271. The normalized spacial score (nSPS) is 11.0. The maximum absolute atomic E-state index is 15.1. The molecule has 2 aromatic heterocycles. The number of benzene rings is 2. The first-order chi connectivity index (χ1) is 16.8. The van der Waals surface area contributed by atoms with Gasteiger partial charge in [0.2, 0.25) is 0 Å². The van der Waals surface area contributed by atoms with Gasteiger partial charge < -0.3 is 14.6 Å².